The second-order valence-corrected chi connectivity index (χ2v) is 5.87. The fourth-order valence-corrected chi connectivity index (χ4v) is 3.00. The monoisotopic (exact) mass is 300 g/mol. The Kier molecular flexibility index (Phi) is 3.43. The Hall–Kier alpha value is -2.27. The van der Waals surface area contributed by atoms with Crippen molar-refractivity contribution >= 4 is 32.6 Å². The average molecular weight is 300 g/mol. The fraction of sp³-hybridized carbons (Fsp3) is 0.125. The van der Waals surface area contributed by atoms with Gasteiger partial charge in [0.1, 0.15) is 5.82 Å². The molecule has 0 saturated heterocycles. The number of rotatable bonds is 2. The van der Waals surface area contributed by atoms with Gasteiger partial charge in [-0.3, -0.25) is 10.1 Å². The molecule has 0 radical (unpaired) electrons. The molecule has 2 aromatic carbocycles. The number of carbonyl (C=O) groups excluding carboxylic acids is 1. The van der Waals surface area contributed by atoms with Gasteiger partial charge in [-0.15, -0.1) is 0 Å². The molecule has 0 aliphatic rings. The first-order chi connectivity index (χ1) is 10.0. The van der Waals surface area contributed by atoms with Crippen molar-refractivity contribution in [3.63, 3.8) is 0 Å². The van der Waals surface area contributed by atoms with Crippen molar-refractivity contribution in [3.8, 4) is 0 Å². The summed E-state index contributed by atoms with van der Waals surface area (Å²) < 4.78 is 14.2. The maximum absolute atomic E-state index is 13.1. The smallest absolute Gasteiger partial charge is 0.257 e. The van der Waals surface area contributed by atoms with Crippen LogP contribution in [0.2, 0.25) is 0 Å². The molecule has 1 N–H and O–H groups in total. The van der Waals surface area contributed by atoms with Gasteiger partial charge in [-0.2, -0.15) is 0 Å². The third kappa shape index (κ3) is 2.64. The first-order valence-electron chi connectivity index (χ1n) is 6.48. The molecule has 0 saturated carbocycles. The van der Waals surface area contributed by atoms with Crippen LogP contribution < -0.4 is 5.32 Å². The zero-order valence-electron chi connectivity index (χ0n) is 11.6. The van der Waals surface area contributed by atoms with Crippen LogP contribution in [0, 0.1) is 19.7 Å². The minimum Gasteiger partial charge on any atom is -0.298 e. The summed E-state index contributed by atoms with van der Waals surface area (Å²) in [5.74, 6) is -0.790. The molecule has 106 valence electrons. The summed E-state index contributed by atoms with van der Waals surface area (Å²) in [7, 11) is 0. The summed E-state index contributed by atoms with van der Waals surface area (Å²) in [4.78, 5) is 16.5. The van der Waals surface area contributed by atoms with Crippen LogP contribution in [0.3, 0.4) is 0 Å². The van der Waals surface area contributed by atoms with Gasteiger partial charge < -0.3 is 0 Å². The lowest BCUT2D eigenvalue weighted by atomic mass is 10.1. The molecule has 0 fully saturated rings. The molecule has 0 atom stereocenters. The normalized spacial score (nSPS) is 10.8. The Bertz CT molecular complexity index is 841. The van der Waals surface area contributed by atoms with Crippen LogP contribution in [0.5, 0.6) is 0 Å². The van der Waals surface area contributed by atoms with E-state index >= 15 is 0 Å². The molecule has 1 heterocycles. The predicted molar refractivity (Wildman–Crippen MR) is 83.4 cm³/mol. The Morgan fingerprint density at radius 2 is 2.05 bits per heavy atom. The molecular formula is C16H13FN2OS. The largest absolute Gasteiger partial charge is 0.298 e. The molecule has 0 unspecified atom stereocenters. The zero-order chi connectivity index (χ0) is 15.0. The van der Waals surface area contributed by atoms with Crippen LogP contribution in [0.15, 0.2) is 36.4 Å². The van der Waals surface area contributed by atoms with Gasteiger partial charge in [0.05, 0.1) is 10.2 Å². The van der Waals surface area contributed by atoms with Crippen molar-refractivity contribution in [2.24, 2.45) is 0 Å². The number of halogens is 1. The van der Waals surface area contributed by atoms with Crippen molar-refractivity contribution in [2.75, 3.05) is 5.32 Å². The molecule has 0 aliphatic heterocycles. The molecule has 3 nitrogen and oxygen atoms in total. The van der Waals surface area contributed by atoms with E-state index in [0.717, 1.165) is 21.3 Å². The van der Waals surface area contributed by atoms with E-state index < -0.39 is 5.82 Å². The molecule has 5 heteroatoms. The van der Waals surface area contributed by atoms with Crippen molar-refractivity contribution in [1.29, 1.82) is 0 Å². The number of aromatic nitrogens is 1. The SMILES string of the molecule is Cc1ccc2sc(NC(=O)c3cccc(F)c3)nc2c1C. The summed E-state index contributed by atoms with van der Waals surface area (Å²) in [6.45, 7) is 4.04. The first kappa shape index (κ1) is 13.7. The number of amides is 1. The van der Waals surface area contributed by atoms with Gasteiger partial charge in [0.15, 0.2) is 5.13 Å². The molecule has 3 aromatic rings. The number of fused-ring (bicyclic) bond motifs is 1. The molecule has 21 heavy (non-hydrogen) atoms. The van der Waals surface area contributed by atoms with E-state index in [-0.39, 0.29) is 11.5 Å². The first-order valence-corrected chi connectivity index (χ1v) is 7.30. The highest BCUT2D eigenvalue weighted by atomic mass is 32.1. The van der Waals surface area contributed by atoms with E-state index in [1.807, 2.05) is 26.0 Å². The van der Waals surface area contributed by atoms with E-state index in [0.29, 0.717) is 5.13 Å². The third-order valence-electron chi connectivity index (χ3n) is 3.39. The number of carbonyl (C=O) groups is 1. The Morgan fingerprint density at radius 1 is 1.24 bits per heavy atom. The second-order valence-electron chi connectivity index (χ2n) is 4.84. The molecule has 1 amide bonds. The summed E-state index contributed by atoms with van der Waals surface area (Å²) in [6, 6.07) is 9.62. The standard InChI is InChI=1S/C16H13FN2OS/c1-9-6-7-13-14(10(9)2)18-16(21-13)19-15(20)11-4-3-5-12(17)8-11/h3-8H,1-2H3,(H,18,19,20). The zero-order valence-corrected chi connectivity index (χ0v) is 12.4. The number of nitrogens with one attached hydrogen (secondary N) is 1. The van der Waals surface area contributed by atoms with Gasteiger partial charge in [-0.1, -0.05) is 23.5 Å². The summed E-state index contributed by atoms with van der Waals surface area (Å²) in [5.41, 5.74) is 3.45. The summed E-state index contributed by atoms with van der Waals surface area (Å²) in [6.07, 6.45) is 0. The van der Waals surface area contributed by atoms with Crippen LogP contribution >= 0.6 is 11.3 Å². The number of aryl methyl sites for hydroxylation is 2. The molecule has 0 spiro atoms. The number of thiazole rings is 1. The molecular weight excluding hydrogens is 287 g/mol. The third-order valence-corrected chi connectivity index (χ3v) is 4.33. The minimum atomic E-state index is -0.432. The summed E-state index contributed by atoms with van der Waals surface area (Å²) >= 11 is 1.41. The highest BCUT2D eigenvalue weighted by Crippen LogP contribution is 2.29. The highest BCUT2D eigenvalue weighted by molar-refractivity contribution is 7.22. The number of hydrogen-bond acceptors (Lipinski definition) is 3. The van der Waals surface area contributed by atoms with Gasteiger partial charge in [0, 0.05) is 5.56 Å². The molecule has 0 aliphatic carbocycles. The van der Waals surface area contributed by atoms with Crippen LogP contribution in [0.1, 0.15) is 21.5 Å². The van der Waals surface area contributed by atoms with Crippen molar-refractivity contribution in [2.45, 2.75) is 13.8 Å². The van der Waals surface area contributed by atoms with Crippen LogP contribution in [-0.4, -0.2) is 10.9 Å². The maximum Gasteiger partial charge on any atom is 0.257 e. The lowest BCUT2D eigenvalue weighted by molar-refractivity contribution is 0.102. The van der Waals surface area contributed by atoms with Crippen LogP contribution in [0.4, 0.5) is 9.52 Å². The fourth-order valence-electron chi connectivity index (χ4n) is 2.08. The Labute approximate surface area is 125 Å². The number of anilines is 1. The van der Waals surface area contributed by atoms with Crippen LogP contribution in [0.25, 0.3) is 10.2 Å². The van der Waals surface area contributed by atoms with Crippen molar-refractivity contribution < 1.29 is 9.18 Å². The van der Waals surface area contributed by atoms with Gasteiger partial charge >= 0.3 is 0 Å². The van der Waals surface area contributed by atoms with E-state index in [9.17, 15) is 9.18 Å². The number of hydrogen-bond donors (Lipinski definition) is 1. The molecule has 1 aromatic heterocycles. The minimum absolute atomic E-state index is 0.280. The summed E-state index contributed by atoms with van der Waals surface area (Å²) in [5, 5.41) is 3.24. The Balaban J connectivity index is 1.91. The van der Waals surface area contributed by atoms with Gasteiger partial charge in [0.25, 0.3) is 5.91 Å². The van der Waals surface area contributed by atoms with Gasteiger partial charge in [-0.05, 0) is 49.2 Å². The van der Waals surface area contributed by atoms with E-state index in [1.54, 1.807) is 6.07 Å². The molecule has 3 rings (SSSR count). The Morgan fingerprint density at radius 3 is 2.81 bits per heavy atom. The second kappa shape index (κ2) is 5.26. The lowest BCUT2D eigenvalue weighted by Crippen LogP contribution is -2.11. The maximum atomic E-state index is 13.1. The number of nitrogens with zero attached hydrogens (tertiary/aromatic N) is 1. The lowest BCUT2D eigenvalue weighted by Gasteiger charge is -2.01. The van der Waals surface area contributed by atoms with Crippen molar-refractivity contribution in [3.05, 3.63) is 58.9 Å². The van der Waals surface area contributed by atoms with E-state index in [4.69, 9.17) is 0 Å². The average Bonchev–Trinajstić information content (AvgIpc) is 2.86. The topological polar surface area (TPSA) is 42.0 Å². The van der Waals surface area contributed by atoms with Crippen molar-refractivity contribution in [1.82, 2.24) is 4.98 Å². The van der Waals surface area contributed by atoms with E-state index in [2.05, 4.69) is 10.3 Å². The van der Waals surface area contributed by atoms with Gasteiger partial charge in [-0.25, -0.2) is 9.37 Å². The quantitative estimate of drug-likeness (QED) is 0.766. The highest BCUT2D eigenvalue weighted by Gasteiger charge is 2.12. The van der Waals surface area contributed by atoms with Crippen LogP contribution in [-0.2, 0) is 0 Å². The predicted octanol–water partition coefficient (Wildman–Crippen LogP) is 4.30. The molecule has 0 bridgehead atoms. The van der Waals surface area contributed by atoms with Gasteiger partial charge in [0.2, 0.25) is 0 Å². The number of benzene rings is 2. The van der Waals surface area contributed by atoms with E-state index in [1.165, 1.54) is 29.5 Å².